The Hall–Kier alpha value is -2.75. The van der Waals surface area contributed by atoms with E-state index in [2.05, 4.69) is 16.4 Å². The number of methoxy groups -OCH3 is 2. The van der Waals surface area contributed by atoms with Gasteiger partial charge in [0.25, 0.3) is 0 Å². The van der Waals surface area contributed by atoms with Crippen molar-refractivity contribution in [3.05, 3.63) is 35.5 Å². The summed E-state index contributed by atoms with van der Waals surface area (Å²) in [6.45, 7) is 2.56. The maximum absolute atomic E-state index is 12.2. The minimum Gasteiger partial charge on any atom is -0.494 e. The number of aromatic nitrogens is 2. The van der Waals surface area contributed by atoms with Crippen LogP contribution in [-0.4, -0.2) is 56.5 Å². The van der Waals surface area contributed by atoms with Crippen molar-refractivity contribution in [1.29, 1.82) is 0 Å². The number of carbonyl (C=O) groups excluding carboxylic acids is 1. The van der Waals surface area contributed by atoms with Gasteiger partial charge < -0.3 is 25.3 Å². The van der Waals surface area contributed by atoms with Gasteiger partial charge in [0.1, 0.15) is 22.1 Å². The molecule has 1 aliphatic rings. The molecular weight excluding hydrogens is 416 g/mol. The molecule has 1 amide bonds. The van der Waals surface area contributed by atoms with E-state index in [4.69, 9.17) is 24.9 Å². The van der Waals surface area contributed by atoms with Crippen LogP contribution in [0.3, 0.4) is 0 Å². The quantitative estimate of drug-likeness (QED) is 0.515. The van der Waals surface area contributed by atoms with Crippen molar-refractivity contribution in [1.82, 2.24) is 9.97 Å². The SMILES string of the molecule is COCCNc1nccc(C(N)=O)c1-c1nc2c(OC)ccc(C3CCOCC3)c2s1. The summed E-state index contributed by atoms with van der Waals surface area (Å²) < 4.78 is 17.3. The fraction of sp³-hybridized carbons (Fsp3) is 0.409. The van der Waals surface area contributed by atoms with Crippen molar-refractivity contribution < 1.29 is 19.0 Å². The first-order valence-corrected chi connectivity index (χ1v) is 11.0. The van der Waals surface area contributed by atoms with Crippen LogP contribution < -0.4 is 15.8 Å². The lowest BCUT2D eigenvalue weighted by Gasteiger charge is -2.23. The van der Waals surface area contributed by atoms with Crippen molar-refractivity contribution in [3.8, 4) is 16.3 Å². The van der Waals surface area contributed by atoms with E-state index < -0.39 is 5.91 Å². The zero-order chi connectivity index (χ0) is 21.8. The van der Waals surface area contributed by atoms with Crippen LogP contribution in [0.25, 0.3) is 20.8 Å². The molecule has 1 aromatic carbocycles. The van der Waals surface area contributed by atoms with Crippen molar-refractivity contribution >= 4 is 33.3 Å². The van der Waals surface area contributed by atoms with Crippen molar-refractivity contribution in [2.45, 2.75) is 18.8 Å². The Balaban J connectivity index is 1.87. The van der Waals surface area contributed by atoms with Gasteiger partial charge in [-0.1, -0.05) is 6.07 Å². The van der Waals surface area contributed by atoms with E-state index >= 15 is 0 Å². The number of amides is 1. The third-order valence-corrected chi connectivity index (χ3v) is 6.57. The molecule has 31 heavy (non-hydrogen) atoms. The topological polar surface area (TPSA) is 109 Å². The first kappa shape index (κ1) is 21.5. The molecule has 8 nitrogen and oxygen atoms in total. The minimum absolute atomic E-state index is 0.376. The molecule has 2 aromatic heterocycles. The van der Waals surface area contributed by atoms with Gasteiger partial charge in [0, 0.05) is 33.1 Å². The number of nitrogens with two attached hydrogens (primary N) is 1. The van der Waals surface area contributed by atoms with Gasteiger partial charge >= 0.3 is 0 Å². The lowest BCUT2D eigenvalue weighted by Crippen LogP contribution is -2.16. The van der Waals surface area contributed by atoms with E-state index in [0.717, 1.165) is 36.3 Å². The number of nitrogens with zero attached hydrogens (tertiary/aromatic N) is 2. The Bertz CT molecular complexity index is 1080. The summed E-state index contributed by atoms with van der Waals surface area (Å²) >= 11 is 1.53. The summed E-state index contributed by atoms with van der Waals surface area (Å²) in [5, 5.41) is 3.91. The second kappa shape index (κ2) is 9.59. The van der Waals surface area contributed by atoms with E-state index in [9.17, 15) is 4.79 Å². The number of ether oxygens (including phenoxy) is 3. The van der Waals surface area contributed by atoms with E-state index in [1.54, 1.807) is 26.5 Å². The summed E-state index contributed by atoms with van der Waals surface area (Å²) in [7, 11) is 3.27. The Morgan fingerprint density at radius 1 is 1.29 bits per heavy atom. The summed E-state index contributed by atoms with van der Waals surface area (Å²) in [4.78, 5) is 21.5. The van der Waals surface area contributed by atoms with Crippen molar-refractivity contribution in [2.75, 3.05) is 45.9 Å². The molecule has 1 aliphatic heterocycles. The summed E-state index contributed by atoms with van der Waals surface area (Å²) in [6.07, 6.45) is 3.51. The molecule has 1 fully saturated rings. The largest absolute Gasteiger partial charge is 0.494 e. The zero-order valence-corrected chi connectivity index (χ0v) is 18.5. The van der Waals surface area contributed by atoms with E-state index in [1.807, 2.05) is 6.07 Å². The van der Waals surface area contributed by atoms with Gasteiger partial charge in [-0.2, -0.15) is 0 Å². The highest BCUT2D eigenvalue weighted by Gasteiger charge is 2.25. The van der Waals surface area contributed by atoms with Gasteiger partial charge in [-0.3, -0.25) is 4.79 Å². The first-order chi connectivity index (χ1) is 15.1. The minimum atomic E-state index is -0.525. The molecule has 0 atom stereocenters. The Kier molecular flexibility index (Phi) is 6.64. The molecule has 3 N–H and O–H groups in total. The highest BCUT2D eigenvalue weighted by molar-refractivity contribution is 7.22. The number of benzene rings is 1. The molecule has 0 bridgehead atoms. The van der Waals surface area contributed by atoms with Gasteiger partial charge in [-0.05, 0) is 36.5 Å². The van der Waals surface area contributed by atoms with E-state index in [0.29, 0.717) is 46.8 Å². The second-order valence-electron chi connectivity index (χ2n) is 7.31. The lowest BCUT2D eigenvalue weighted by molar-refractivity contribution is 0.0856. The number of carbonyl (C=O) groups is 1. The van der Waals surface area contributed by atoms with Gasteiger partial charge in [-0.15, -0.1) is 11.3 Å². The normalized spacial score (nSPS) is 14.6. The van der Waals surface area contributed by atoms with Gasteiger partial charge in [0.05, 0.1) is 29.5 Å². The average molecular weight is 443 g/mol. The number of primary amides is 1. The molecule has 0 aliphatic carbocycles. The predicted octanol–water partition coefficient (Wildman–Crippen LogP) is 3.42. The van der Waals surface area contributed by atoms with Gasteiger partial charge in [0.15, 0.2) is 0 Å². The maximum Gasteiger partial charge on any atom is 0.249 e. The summed E-state index contributed by atoms with van der Waals surface area (Å²) in [5.74, 6) is 1.13. The number of fused-ring (bicyclic) bond motifs is 1. The van der Waals surface area contributed by atoms with Crippen LogP contribution in [0.5, 0.6) is 5.75 Å². The first-order valence-electron chi connectivity index (χ1n) is 10.2. The number of hydrogen-bond acceptors (Lipinski definition) is 8. The summed E-state index contributed by atoms with van der Waals surface area (Å²) in [6, 6.07) is 5.71. The molecule has 0 spiro atoms. The molecule has 3 heterocycles. The maximum atomic E-state index is 12.2. The molecule has 3 aromatic rings. The summed E-state index contributed by atoms with van der Waals surface area (Å²) in [5.41, 5.74) is 8.69. The van der Waals surface area contributed by atoms with Crippen LogP contribution in [-0.2, 0) is 9.47 Å². The van der Waals surface area contributed by atoms with Crippen LogP contribution in [0, 0.1) is 0 Å². The highest BCUT2D eigenvalue weighted by Crippen LogP contribution is 2.43. The number of thiazole rings is 1. The molecular formula is C22H26N4O4S. The van der Waals surface area contributed by atoms with Crippen molar-refractivity contribution in [2.24, 2.45) is 5.73 Å². The molecule has 4 rings (SSSR count). The molecule has 1 saturated heterocycles. The Morgan fingerprint density at radius 3 is 2.81 bits per heavy atom. The predicted molar refractivity (Wildman–Crippen MR) is 121 cm³/mol. The lowest BCUT2D eigenvalue weighted by atomic mass is 9.91. The van der Waals surface area contributed by atoms with E-state index in [-0.39, 0.29) is 0 Å². The van der Waals surface area contributed by atoms with E-state index in [1.165, 1.54) is 16.9 Å². The fourth-order valence-electron chi connectivity index (χ4n) is 3.89. The van der Waals surface area contributed by atoms with Crippen LogP contribution in [0.15, 0.2) is 24.4 Å². The number of anilines is 1. The van der Waals surface area contributed by atoms with Crippen LogP contribution in [0.2, 0.25) is 0 Å². The smallest absolute Gasteiger partial charge is 0.249 e. The molecule has 9 heteroatoms. The monoisotopic (exact) mass is 442 g/mol. The molecule has 0 unspecified atom stereocenters. The zero-order valence-electron chi connectivity index (χ0n) is 17.6. The van der Waals surface area contributed by atoms with Gasteiger partial charge in [-0.25, -0.2) is 9.97 Å². The fourth-order valence-corrected chi connectivity index (χ4v) is 5.13. The molecule has 0 radical (unpaired) electrons. The standard InChI is InChI=1S/C22H26N4O4S/c1-28-12-9-25-21-17(15(20(23)27)5-8-24-21)22-26-18-16(29-2)4-3-14(19(18)31-22)13-6-10-30-11-7-13/h3-5,8,13H,6-7,9-12H2,1-2H3,(H2,23,27)(H,24,25). The second-order valence-corrected chi connectivity index (χ2v) is 8.31. The number of pyridine rings is 1. The number of nitrogens with one attached hydrogen (secondary N) is 1. The number of rotatable bonds is 8. The van der Waals surface area contributed by atoms with Crippen molar-refractivity contribution in [3.63, 3.8) is 0 Å². The third-order valence-electron chi connectivity index (χ3n) is 5.45. The van der Waals surface area contributed by atoms with Gasteiger partial charge in [0.2, 0.25) is 5.91 Å². The Labute approximate surface area is 184 Å². The molecule has 0 saturated carbocycles. The molecule has 164 valence electrons. The Morgan fingerprint density at radius 2 is 2.10 bits per heavy atom. The third kappa shape index (κ3) is 4.34. The van der Waals surface area contributed by atoms with Crippen LogP contribution in [0.4, 0.5) is 5.82 Å². The highest BCUT2D eigenvalue weighted by atomic mass is 32.1. The number of hydrogen-bond donors (Lipinski definition) is 2. The van der Waals surface area contributed by atoms with Crippen LogP contribution >= 0.6 is 11.3 Å². The average Bonchev–Trinajstić information content (AvgIpc) is 3.24. The van der Waals surface area contributed by atoms with Crippen LogP contribution in [0.1, 0.15) is 34.7 Å².